The fourth-order valence-electron chi connectivity index (χ4n) is 0.511. The van der Waals surface area contributed by atoms with Crippen LogP contribution in [0.4, 0.5) is 0 Å². The minimum absolute atomic E-state index is 0.264. The molecule has 5 heteroatoms. The summed E-state index contributed by atoms with van der Waals surface area (Å²) >= 11 is 1.94. The SMILES string of the molecule is NC1CCOC1=O.OBr. The number of halogens is 1. The summed E-state index contributed by atoms with van der Waals surface area (Å²) in [5.74, 6) is -0.264. The molecule has 54 valence electrons. The van der Waals surface area contributed by atoms with E-state index >= 15 is 0 Å². The van der Waals surface area contributed by atoms with E-state index in [1.165, 1.54) is 0 Å². The van der Waals surface area contributed by atoms with Crippen LogP contribution in [0.3, 0.4) is 0 Å². The highest BCUT2D eigenvalue weighted by Gasteiger charge is 2.20. The molecule has 0 saturated carbocycles. The third-order valence-electron chi connectivity index (χ3n) is 0.976. The molecule has 0 aromatic rings. The highest BCUT2D eigenvalue weighted by atomic mass is 79.9. The summed E-state index contributed by atoms with van der Waals surface area (Å²) in [4.78, 5) is 10.2. The molecular formula is C4H8BrNO3. The molecule has 4 nitrogen and oxygen atoms in total. The maximum absolute atomic E-state index is 10.2. The first-order valence-corrected chi connectivity index (χ1v) is 3.11. The molecule has 1 atom stereocenters. The molecule has 1 unspecified atom stereocenters. The van der Waals surface area contributed by atoms with Crippen molar-refractivity contribution in [3.05, 3.63) is 0 Å². The molecule has 0 aromatic heterocycles. The Kier molecular flexibility index (Phi) is 4.65. The van der Waals surface area contributed by atoms with Crippen LogP contribution in [0.5, 0.6) is 0 Å². The van der Waals surface area contributed by atoms with E-state index in [0.717, 1.165) is 0 Å². The molecule has 1 saturated heterocycles. The second kappa shape index (κ2) is 4.72. The van der Waals surface area contributed by atoms with Gasteiger partial charge >= 0.3 is 5.97 Å². The lowest BCUT2D eigenvalue weighted by Gasteiger charge is -1.89. The van der Waals surface area contributed by atoms with E-state index in [2.05, 4.69) is 4.74 Å². The summed E-state index contributed by atoms with van der Waals surface area (Å²) < 4.78 is 11.3. The Labute approximate surface area is 61.4 Å². The zero-order valence-electron chi connectivity index (χ0n) is 4.71. The van der Waals surface area contributed by atoms with Gasteiger partial charge in [-0.3, -0.25) is 4.79 Å². The van der Waals surface area contributed by atoms with E-state index in [9.17, 15) is 4.79 Å². The number of cyclic esters (lactones) is 1. The van der Waals surface area contributed by atoms with Gasteiger partial charge in [0.25, 0.3) is 0 Å². The Hall–Kier alpha value is -0.130. The fraction of sp³-hybridized carbons (Fsp3) is 0.750. The predicted molar refractivity (Wildman–Crippen MR) is 34.7 cm³/mol. The van der Waals surface area contributed by atoms with Gasteiger partial charge in [0.1, 0.15) is 6.04 Å². The van der Waals surface area contributed by atoms with Crippen molar-refractivity contribution in [2.75, 3.05) is 6.61 Å². The molecule has 0 amide bonds. The molecule has 0 spiro atoms. The van der Waals surface area contributed by atoms with Gasteiger partial charge in [0.15, 0.2) is 0 Å². The van der Waals surface area contributed by atoms with E-state index in [0.29, 0.717) is 13.0 Å². The smallest absolute Gasteiger partial charge is 0.323 e. The van der Waals surface area contributed by atoms with Gasteiger partial charge in [-0.05, 0) is 0 Å². The lowest BCUT2D eigenvalue weighted by atomic mass is 10.3. The number of nitrogens with two attached hydrogens (primary N) is 1. The number of rotatable bonds is 0. The Bertz CT molecular complexity index is 97.8. The second-order valence-electron chi connectivity index (χ2n) is 1.56. The van der Waals surface area contributed by atoms with Crippen LogP contribution in [0, 0.1) is 0 Å². The van der Waals surface area contributed by atoms with Crippen LogP contribution in [0.1, 0.15) is 6.42 Å². The monoisotopic (exact) mass is 197 g/mol. The topological polar surface area (TPSA) is 72.5 Å². The van der Waals surface area contributed by atoms with Gasteiger partial charge < -0.3 is 14.7 Å². The van der Waals surface area contributed by atoms with Crippen molar-refractivity contribution >= 4 is 22.2 Å². The maximum atomic E-state index is 10.2. The molecular weight excluding hydrogens is 190 g/mol. The van der Waals surface area contributed by atoms with Gasteiger partial charge in [-0.2, -0.15) is 0 Å². The fourth-order valence-corrected chi connectivity index (χ4v) is 0.511. The van der Waals surface area contributed by atoms with Crippen molar-refractivity contribution < 1.29 is 13.7 Å². The standard InChI is InChI=1S/C4H7NO2.BrHO/c5-3-1-2-7-4(3)6;1-2/h3H,1-2,5H2;2H. The minimum atomic E-state index is -0.347. The van der Waals surface area contributed by atoms with Gasteiger partial charge in [-0.25, -0.2) is 0 Å². The molecule has 1 aliphatic rings. The van der Waals surface area contributed by atoms with Crippen molar-refractivity contribution in [3.63, 3.8) is 0 Å². The van der Waals surface area contributed by atoms with Crippen molar-refractivity contribution in [1.29, 1.82) is 0 Å². The Balaban J connectivity index is 0.000000291. The van der Waals surface area contributed by atoms with Crippen LogP contribution in [0.15, 0.2) is 0 Å². The first-order chi connectivity index (χ1) is 4.30. The first-order valence-electron chi connectivity index (χ1n) is 2.40. The summed E-state index contributed by atoms with van der Waals surface area (Å²) in [6.45, 7) is 0.500. The summed E-state index contributed by atoms with van der Waals surface area (Å²) in [5.41, 5.74) is 5.20. The molecule has 0 bridgehead atoms. The van der Waals surface area contributed by atoms with Gasteiger partial charge in [0.2, 0.25) is 0 Å². The van der Waals surface area contributed by atoms with E-state index in [4.69, 9.17) is 9.93 Å². The Morgan fingerprint density at radius 3 is 2.44 bits per heavy atom. The predicted octanol–water partition coefficient (Wildman–Crippen LogP) is -0.451. The quantitative estimate of drug-likeness (QED) is 0.517. The molecule has 1 fully saturated rings. The Morgan fingerprint density at radius 1 is 1.78 bits per heavy atom. The molecule has 0 aromatic carbocycles. The summed E-state index contributed by atoms with van der Waals surface area (Å²) in [7, 11) is 0. The largest absolute Gasteiger partial charge is 0.464 e. The highest BCUT2D eigenvalue weighted by Crippen LogP contribution is 2.00. The van der Waals surface area contributed by atoms with E-state index in [1.54, 1.807) is 0 Å². The lowest BCUT2D eigenvalue weighted by molar-refractivity contribution is -0.139. The molecule has 9 heavy (non-hydrogen) atoms. The highest BCUT2D eigenvalue weighted by molar-refractivity contribution is 9.05. The van der Waals surface area contributed by atoms with E-state index in [-0.39, 0.29) is 12.0 Å². The zero-order valence-corrected chi connectivity index (χ0v) is 6.30. The normalized spacial score (nSPS) is 24.3. The number of carbonyl (C=O) groups excluding carboxylic acids is 1. The number of esters is 1. The Morgan fingerprint density at radius 2 is 2.33 bits per heavy atom. The molecule has 3 N–H and O–H groups in total. The minimum Gasteiger partial charge on any atom is -0.464 e. The van der Waals surface area contributed by atoms with Crippen LogP contribution in [0.2, 0.25) is 0 Å². The third kappa shape index (κ3) is 2.78. The van der Waals surface area contributed by atoms with Crippen LogP contribution in [0.25, 0.3) is 0 Å². The van der Waals surface area contributed by atoms with Crippen LogP contribution < -0.4 is 5.73 Å². The molecule has 1 aliphatic heterocycles. The molecule has 0 radical (unpaired) electrons. The molecule has 1 heterocycles. The number of hydrogen-bond acceptors (Lipinski definition) is 4. The van der Waals surface area contributed by atoms with Crippen LogP contribution in [-0.4, -0.2) is 22.8 Å². The molecule has 1 rings (SSSR count). The van der Waals surface area contributed by atoms with Crippen LogP contribution >= 0.6 is 16.3 Å². The molecule has 0 aliphatic carbocycles. The average molecular weight is 198 g/mol. The third-order valence-corrected chi connectivity index (χ3v) is 0.976. The summed E-state index contributed by atoms with van der Waals surface area (Å²) in [6, 6.07) is -0.347. The van der Waals surface area contributed by atoms with Gasteiger partial charge in [0.05, 0.1) is 22.9 Å². The van der Waals surface area contributed by atoms with E-state index in [1.807, 2.05) is 16.3 Å². The zero-order chi connectivity index (χ0) is 7.28. The maximum Gasteiger partial charge on any atom is 0.323 e. The first kappa shape index (κ1) is 8.87. The van der Waals surface area contributed by atoms with E-state index < -0.39 is 0 Å². The van der Waals surface area contributed by atoms with Gasteiger partial charge in [-0.1, -0.05) is 0 Å². The van der Waals surface area contributed by atoms with Gasteiger partial charge in [0, 0.05) is 6.42 Å². The lowest BCUT2D eigenvalue weighted by Crippen LogP contribution is -2.24. The van der Waals surface area contributed by atoms with Crippen molar-refractivity contribution in [3.8, 4) is 0 Å². The average Bonchev–Trinajstić information content (AvgIpc) is 2.23. The number of ether oxygens (including phenoxy) is 1. The number of carbonyl (C=O) groups is 1. The van der Waals surface area contributed by atoms with Crippen molar-refractivity contribution in [2.45, 2.75) is 12.5 Å². The van der Waals surface area contributed by atoms with Crippen LogP contribution in [-0.2, 0) is 9.53 Å². The van der Waals surface area contributed by atoms with Crippen molar-refractivity contribution in [2.24, 2.45) is 5.73 Å². The second-order valence-corrected chi connectivity index (χ2v) is 1.56. The van der Waals surface area contributed by atoms with Gasteiger partial charge in [-0.15, -0.1) is 0 Å². The summed E-state index contributed by atoms with van der Waals surface area (Å²) in [5, 5.41) is 0. The summed E-state index contributed by atoms with van der Waals surface area (Å²) in [6.07, 6.45) is 0.679. The number of hydrogen-bond donors (Lipinski definition) is 2. The van der Waals surface area contributed by atoms with Crippen molar-refractivity contribution in [1.82, 2.24) is 0 Å².